The molecule has 0 atom stereocenters. The van der Waals surface area contributed by atoms with Crippen molar-refractivity contribution in [2.24, 2.45) is 0 Å². The SMILES string of the molecule is CNC(=C[N+](=O)[O-])NCCCSc1cccc(C)c1. The van der Waals surface area contributed by atoms with Gasteiger partial charge in [-0.05, 0) is 31.2 Å². The molecule has 2 N–H and O–H groups in total. The highest BCUT2D eigenvalue weighted by atomic mass is 32.2. The van der Waals surface area contributed by atoms with E-state index in [-0.39, 0.29) is 0 Å². The van der Waals surface area contributed by atoms with Crippen LogP contribution in [0.15, 0.2) is 41.2 Å². The Morgan fingerprint density at radius 1 is 1.53 bits per heavy atom. The maximum atomic E-state index is 10.3. The molecule has 0 amide bonds. The fourth-order valence-electron chi connectivity index (χ4n) is 1.49. The zero-order valence-electron chi connectivity index (χ0n) is 11.2. The van der Waals surface area contributed by atoms with Crippen LogP contribution in [0.1, 0.15) is 12.0 Å². The first-order chi connectivity index (χ1) is 9.11. The maximum Gasteiger partial charge on any atom is 0.274 e. The monoisotopic (exact) mass is 281 g/mol. The second-order valence-corrected chi connectivity index (χ2v) is 5.19. The zero-order chi connectivity index (χ0) is 14.1. The first-order valence-corrected chi connectivity index (χ1v) is 7.07. The minimum atomic E-state index is -0.472. The average molecular weight is 281 g/mol. The maximum absolute atomic E-state index is 10.3. The lowest BCUT2D eigenvalue weighted by Gasteiger charge is -2.07. The normalized spacial score (nSPS) is 11.2. The molecular weight excluding hydrogens is 262 g/mol. The molecule has 0 spiro atoms. The van der Waals surface area contributed by atoms with Crippen LogP contribution in [0.5, 0.6) is 0 Å². The molecule has 0 saturated heterocycles. The molecule has 104 valence electrons. The molecule has 0 radical (unpaired) electrons. The third-order valence-corrected chi connectivity index (χ3v) is 3.48. The van der Waals surface area contributed by atoms with Gasteiger partial charge in [0.05, 0.1) is 4.92 Å². The van der Waals surface area contributed by atoms with Gasteiger partial charge in [0.25, 0.3) is 6.20 Å². The Morgan fingerprint density at radius 3 is 2.95 bits per heavy atom. The van der Waals surface area contributed by atoms with Gasteiger partial charge in [-0.15, -0.1) is 11.8 Å². The van der Waals surface area contributed by atoms with Crippen LogP contribution in [0.3, 0.4) is 0 Å². The van der Waals surface area contributed by atoms with Crippen molar-refractivity contribution in [3.8, 4) is 0 Å². The number of nitrogens with zero attached hydrogens (tertiary/aromatic N) is 1. The third-order valence-electron chi connectivity index (χ3n) is 2.40. The molecular formula is C13H19N3O2S. The van der Waals surface area contributed by atoms with Crippen molar-refractivity contribution in [2.45, 2.75) is 18.2 Å². The van der Waals surface area contributed by atoms with E-state index in [0.29, 0.717) is 12.4 Å². The minimum absolute atomic E-state index is 0.436. The third kappa shape index (κ3) is 6.71. The molecule has 5 nitrogen and oxygen atoms in total. The van der Waals surface area contributed by atoms with Crippen molar-refractivity contribution >= 4 is 11.8 Å². The first kappa shape index (κ1) is 15.4. The number of aryl methyl sites for hydroxylation is 1. The topological polar surface area (TPSA) is 67.2 Å². The molecule has 19 heavy (non-hydrogen) atoms. The van der Waals surface area contributed by atoms with Crippen molar-refractivity contribution in [2.75, 3.05) is 19.3 Å². The fraction of sp³-hybridized carbons (Fsp3) is 0.385. The molecule has 1 rings (SSSR count). The second-order valence-electron chi connectivity index (χ2n) is 4.02. The lowest BCUT2D eigenvalue weighted by Crippen LogP contribution is -2.25. The molecule has 6 heteroatoms. The van der Waals surface area contributed by atoms with Gasteiger partial charge >= 0.3 is 0 Å². The highest BCUT2D eigenvalue weighted by Crippen LogP contribution is 2.19. The summed E-state index contributed by atoms with van der Waals surface area (Å²) >= 11 is 1.79. The largest absolute Gasteiger partial charge is 0.370 e. The molecule has 1 aromatic carbocycles. The number of benzene rings is 1. The van der Waals surface area contributed by atoms with E-state index in [1.807, 2.05) is 0 Å². The molecule has 0 aliphatic heterocycles. The molecule has 0 fully saturated rings. The van der Waals surface area contributed by atoms with E-state index in [9.17, 15) is 10.1 Å². The van der Waals surface area contributed by atoms with Gasteiger partial charge in [-0.25, -0.2) is 0 Å². The number of nitrogens with one attached hydrogen (secondary N) is 2. The quantitative estimate of drug-likeness (QED) is 0.331. The number of hydrogen-bond donors (Lipinski definition) is 2. The van der Waals surface area contributed by atoms with Crippen molar-refractivity contribution in [1.29, 1.82) is 0 Å². The first-order valence-electron chi connectivity index (χ1n) is 6.08. The zero-order valence-corrected chi connectivity index (χ0v) is 12.0. The van der Waals surface area contributed by atoms with Crippen molar-refractivity contribution in [3.63, 3.8) is 0 Å². The fourth-order valence-corrected chi connectivity index (χ4v) is 2.46. The highest BCUT2D eigenvalue weighted by Gasteiger charge is 1.99. The van der Waals surface area contributed by atoms with Gasteiger partial charge in [-0.3, -0.25) is 10.1 Å². The summed E-state index contributed by atoms with van der Waals surface area (Å²) in [4.78, 5) is 11.1. The Hall–Kier alpha value is -1.69. The number of hydrogen-bond acceptors (Lipinski definition) is 5. The standard InChI is InChI=1S/C13H19N3O2S/c1-11-5-3-6-12(9-11)19-8-4-7-15-13(14-2)10-16(17)18/h3,5-6,9-10,14-15H,4,7-8H2,1-2H3. The summed E-state index contributed by atoms with van der Waals surface area (Å²) in [5.74, 6) is 1.41. The van der Waals surface area contributed by atoms with E-state index in [4.69, 9.17) is 0 Å². The van der Waals surface area contributed by atoms with E-state index >= 15 is 0 Å². The summed E-state index contributed by atoms with van der Waals surface area (Å²) in [5, 5.41) is 16.1. The average Bonchev–Trinajstić information content (AvgIpc) is 2.36. The Morgan fingerprint density at radius 2 is 2.32 bits per heavy atom. The van der Waals surface area contributed by atoms with E-state index in [2.05, 4.69) is 41.8 Å². The van der Waals surface area contributed by atoms with Crippen LogP contribution in [0.2, 0.25) is 0 Å². The highest BCUT2D eigenvalue weighted by molar-refractivity contribution is 7.99. The molecule has 1 aromatic rings. The van der Waals surface area contributed by atoms with Crippen molar-refractivity contribution < 1.29 is 4.92 Å². The summed E-state index contributed by atoms with van der Waals surface area (Å²) < 4.78 is 0. The molecule has 0 aliphatic rings. The summed E-state index contributed by atoms with van der Waals surface area (Å²) in [6, 6.07) is 8.38. The summed E-state index contributed by atoms with van der Waals surface area (Å²) in [5.41, 5.74) is 1.26. The predicted octanol–water partition coefficient (Wildman–Crippen LogP) is 2.36. The lowest BCUT2D eigenvalue weighted by atomic mass is 10.2. The van der Waals surface area contributed by atoms with Crippen LogP contribution in [0.25, 0.3) is 0 Å². The van der Waals surface area contributed by atoms with Crippen LogP contribution < -0.4 is 10.6 Å². The van der Waals surface area contributed by atoms with E-state index in [1.165, 1.54) is 10.5 Å². The van der Waals surface area contributed by atoms with Gasteiger partial charge < -0.3 is 10.6 Å². The Balaban J connectivity index is 2.22. The van der Waals surface area contributed by atoms with Crippen LogP contribution in [-0.4, -0.2) is 24.3 Å². The molecule has 0 bridgehead atoms. The predicted molar refractivity (Wildman–Crippen MR) is 78.7 cm³/mol. The van der Waals surface area contributed by atoms with E-state index < -0.39 is 4.92 Å². The molecule has 0 aliphatic carbocycles. The van der Waals surface area contributed by atoms with E-state index in [0.717, 1.165) is 18.4 Å². The van der Waals surface area contributed by atoms with Gasteiger partial charge in [-0.1, -0.05) is 17.7 Å². The van der Waals surface area contributed by atoms with Crippen LogP contribution in [-0.2, 0) is 0 Å². The number of nitro groups is 1. The van der Waals surface area contributed by atoms with Gasteiger partial charge in [0.1, 0.15) is 0 Å². The van der Waals surface area contributed by atoms with Crippen LogP contribution >= 0.6 is 11.8 Å². The summed E-state index contributed by atoms with van der Waals surface area (Å²) in [7, 11) is 1.66. The lowest BCUT2D eigenvalue weighted by molar-refractivity contribution is -0.404. The molecule has 0 saturated carbocycles. The Labute approximate surface area is 117 Å². The van der Waals surface area contributed by atoms with Gasteiger partial charge in [0.2, 0.25) is 0 Å². The molecule has 0 aromatic heterocycles. The Kier molecular flexibility index (Phi) is 6.81. The van der Waals surface area contributed by atoms with E-state index in [1.54, 1.807) is 18.8 Å². The van der Waals surface area contributed by atoms with Crippen molar-refractivity contribution in [1.82, 2.24) is 10.6 Å². The smallest absolute Gasteiger partial charge is 0.274 e. The number of thioether (sulfide) groups is 1. The minimum Gasteiger partial charge on any atom is -0.370 e. The van der Waals surface area contributed by atoms with Gasteiger partial charge in [-0.2, -0.15) is 0 Å². The van der Waals surface area contributed by atoms with Crippen molar-refractivity contribution in [3.05, 3.63) is 52.0 Å². The van der Waals surface area contributed by atoms with Gasteiger partial charge in [0.15, 0.2) is 5.82 Å². The second kappa shape index (κ2) is 8.42. The Bertz CT molecular complexity index is 449. The number of rotatable bonds is 8. The van der Waals surface area contributed by atoms with Gasteiger partial charge in [0, 0.05) is 18.5 Å². The van der Waals surface area contributed by atoms with Crippen LogP contribution in [0, 0.1) is 17.0 Å². The van der Waals surface area contributed by atoms with Crippen LogP contribution in [0.4, 0.5) is 0 Å². The summed E-state index contributed by atoms with van der Waals surface area (Å²) in [6.07, 6.45) is 1.88. The molecule has 0 heterocycles. The summed E-state index contributed by atoms with van der Waals surface area (Å²) in [6.45, 7) is 2.78. The molecule has 0 unspecified atom stereocenters.